The van der Waals surface area contributed by atoms with Gasteiger partial charge in [-0.05, 0) is 29.8 Å². The number of hydrogen-bond donors (Lipinski definition) is 2. The Morgan fingerprint density at radius 3 is 2.45 bits per heavy atom. The molecule has 0 aliphatic rings. The topological polar surface area (TPSA) is 66.0 Å². The van der Waals surface area contributed by atoms with Gasteiger partial charge in [0.25, 0.3) is 0 Å². The third-order valence-electron chi connectivity index (χ3n) is 3.01. The third-order valence-corrected chi connectivity index (χ3v) is 3.01. The monoisotopic (exact) mass is 292 g/mol. The predicted molar refractivity (Wildman–Crippen MR) is 79.5 cm³/mol. The molecule has 0 spiro atoms. The van der Waals surface area contributed by atoms with Crippen molar-refractivity contribution in [3.8, 4) is 0 Å². The minimum atomic E-state index is -0.907. The number of hydrogen-bond acceptors (Lipinski definition) is 2. The number of rotatable bonds is 3. The van der Waals surface area contributed by atoms with Crippen LogP contribution in [0.2, 0.25) is 0 Å². The van der Waals surface area contributed by atoms with E-state index in [1.165, 1.54) is 0 Å². The molecule has 3 rings (SSSR count). The Kier molecular flexibility index (Phi) is 5.12. The van der Waals surface area contributed by atoms with Crippen LogP contribution < -0.4 is 0 Å². The van der Waals surface area contributed by atoms with E-state index in [0.29, 0.717) is 12.0 Å². The summed E-state index contributed by atoms with van der Waals surface area (Å²) in [5, 5.41) is 8.84. The SMILES string of the molecule is O=C(O)c1ccc(Cc2nc3ccccc3[nH]2)cc1.[KH]. The molecule has 0 radical (unpaired) electrons. The number of nitrogens with zero attached hydrogens (tertiary/aromatic N) is 1. The number of H-pyrrole nitrogens is 1. The Morgan fingerprint density at radius 1 is 1.10 bits per heavy atom. The number of carboxylic acid groups (broad SMARTS) is 1. The molecule has 0 unspecified atom stereocenters. The van der Waals surface area contributed by atoms with Crippen LogP contribution in [0.4, 0.5) is 0 Å². The Hall–Kier alpha value is -0.984. The average Bonchev–Trinajstić information content (AvgIpc) is 2.81. The normalized spacial score (nSPS) is 10.2. The molecule has 2 aromatic carbocycles. The van der Waals surface area contributed by atoms with Crippen LogP contribution in [0.25, 0.3) is 11.0 Å². The summed E-state index contributed by atoms with van der Waals surface area (Å²) in [4.78, 5) is 18.5. The van der Waals surface area contributed by atoms with E-state index in [1.807, 2.05) is 36.4 Å². The first kappa shape index (κ1) is 15.4. The molecule has 5 heteroatoms. The number of carbonyl (C=O) groups is 1. The molecule has 1 aromatic heterocycles. The van der Waals surface area contributed by atoms with Gasteiger partial charge in [-0.3, -0.25) is 0 Å². The van der Waals surface area contributed by atoms with E-state index in [0.717, 1.165) is 22.4 Å². The van der Waals surface area contributed by atoms with Crippen molar-refractivity contribution in [1.29, 1.82) is 0 Å². The molecule has 3 aromatic rings. The van der Waals surface area contributed by atoms with E-state index < -0.39 is 5.97 Å². The van der Waals surface area contributed by atoms with Gasteiger partial charge in [0, 0.05) is 6.42 Å². The van der Waals surface area contributed by atoms with Gasteiger partial charge in [0.15, 0.2) is 0 Å². The van der Waals surface area contributed by atoms with Gasteiger partial charge < -0.3 is 10.1 Å². The number of aromatic amines is 1. The predicted octanol–water partition coefficient (Wildman–Crippen LogP) is 2.20. The number of para-hydroxylation sites is 2. The molecule has 20 heavy (non-hydrogen) atoms. The van der Waals surface area contributed by atoms with Crippen molar-refractivity contribution in [2.24, 2.45) is 0 Å². The summed E-state index contributed by atoms with van der Waals surface area (Å²) >= 11 is 0. The first-order chi connectivity index (χ1) is 9.22. The van der Waals surface area contributed by atoms with E-state index in [9.17, 15) is 4.79 Å². The van der Waals surface area contributed by atoms with Gasteiger partial charge in [-0.15, -0.1) is 0 Å². The van der Waals surface area contributed by atoms with E-state index in [4.69, 9.17) is 5.11 Å². The van der Waals surface area contributed by atoms with Crippen LogP contribution in [0.1, 0.15) is 21.7 Å². The third kappa shape index (κ3) is 3.37. The van der Waals surface area contributed by atoms with Crippen molar-refractivity contribution in [1.82, 2.24) is 9.97 Å². The number of benzene rings is 2. The fourth-order valence-corrected chi connectivity index (χ4v) is 2.05. The van der Waals surface area contributed by atoms with Crippen molar-refractivity contribution in [2.45, 2.75) is 6.42 Å². The summed E-state index contributed by atoms with van der Waals surface area (Å²) in [6.45, 7) is 0. The molecule has 0 aliphatic carbocycles. The number of nitrogens with one attached hydrogen (secondary N) is 1. The van der Waals surface area contributed by atoms with Crippen molar-refractivity contribution >= 4 is 68.4 Å². The van der Waals surface area contributed by atoms with Crippen LogP contribution in [0.3, 0.4) is 0 Å². The first-order valence-corrected chi connectivity index (χ1v) is 5.98. The molecule has 0 saturated heterocycles. The second-order valence-corrected chi connectivity index (χ2v) is 4.38. The first-order valence-electron chi connectivity index (χ1n) is 5.98. The molecule has 0 bridgehead atoms. The van der Waals surface area contributed by atoms with Gasteiger partial charge in [0.05, 0.1) is 16.6 Å². The van der Waals surface area contributed by atoms with Crippen LogP contribution in [-0.2, 0) is 6.42 Å². The van der Waals surface area contributed by atoms with Crippen LogP contribution >= 0.6 is 0 Å². The quantitative estimate of drug-likeness (QED) is 0.727. The van der Waals surface area contributed by atoms with E-state index >= 15 is 0 Å². The number of aromatic nitrogens is 2. The van der Waals surface area contributed by atoms with Gasteiger partial charge in [0.1, 0.15) is 5.82 Å². The molecule has 0 aliphatic heterocycles. The zero-order valence-electron chi connectivity index (χ0n) is 10.1. The number of aromatic carboxylic acids is 1. The van der Waals surface area contributed by atoms with Crippen molar-refractivity contribution in [3.05, 3.63) is 65.5 Å². The molecule has 4 nitrogen and oxygen atoms in total. The Bertz CT molecular complexity index is 702. The Morgan fingerprint density at radius 2 is 1.80 bits per heavy atom. The fraction of sp³-hybridized carbons (Fsp3) is 0.0667. The van der Waals surface area contributed by atoms with Crippen LogP contribution in [0, 0.1) is 0 Å². The van der Waals surface area contributed by atoms with Gasteiger partial charge in [-0.2, -0.15) is 0 Å². The van der Waals surface area contributed by atoms with Crippen molar-refractivity contribution in [2.75, 3.05) is 0 Å². The van der Waals surface area contributed by atoms with Gasteiger partial charge >= 0.3 is 57.4 Å². The summed E-state index contributed by atoms with van der Waals surface area (Å²) in [6, 6.07) is 14.7. The second-order valence-electron chi connectivity index (χ2n) is 4.38. The summed E-state index contributed by atoms with van der Waals surface area (Å²) in [5.74, 6) is -0.0282. The Balaban J connectivity index is 0.00000147. The Labute approximate surface area is 158 Å². The zero-order chi connectivity index (χ0) is 13.2. The molecule has 2 N–H and O–H groups in total. The van der Waals surface area contributed by atoms with Gasteiger partial charge in [-0.25, -0.2) is 9.78 Å². The molecule has 1 heterocycles. The number of carboxylic acids is 1. The molecule has 0 fully saturated rings. The van der Waals surface area contributed by atoms with E-state index in [2.05, 4.69) is 9.97 Å². The number of imidazole rings is 1. The minimum absolute atomic E-state index is 0. The molecule has 0 amide bonds. The second kappa shape index (κ2) is 6.65. The van der Waals surface area contributed by atoms with Crippen molar-refractivity contribution in [3.63, 3.8) is 0 Å². The molecule has 0 saturated carbocycles. The fourth-order valence-electron chi connectivity index (χ4n) is 2.05. The van der Waals surface area contributed by atoms with Gasteiger partial charge in [0.2, 0.25) is 0 Å². The summed E-state index contributed by atoms with van der Waals surface area (Å²) in [7, 11) is 0. The summed E-state index contributed by atoms with van der Waals surface area (Å²) < 4.78 is 0. The maximum atomic E-state index is 10.8. The summed E-state index contributed by atoms with van der Waals surface area (Å²) in [6.07, 6.45) is 0.661. The molecular weight excluding hydrogens is 279 g/mol. The molecule has 0 atom stereocenters. The van der Waals surface area contributed by atoms with Crippen LogP contribution in [0.15, 0.2) is 48.5 Å². The van der Waals surface area contributed by atoms with E-state index in [1.54, 1.807) is 12.1 Å². The van der Waals surface area contributed by atoms with E-state index in [-0.39, 0.29) is 51.4 Å². The van der Waals surface area contributed by atoms with Crippen molar-refractivity contribution < 1.29 is 9.90 Å². The zero-order valence-corrected chi connectivity index (χ0v) is 10.1. The maximum absolute atomic E-state index is 10.8. The average molecular weight is 292 g/mol. The van der Waals surface area contributed by atoms with Crippen LogP contribution in [0.5, 0.6) is 0 Å². The number of fused-ring (bicyclic) bond motifs is 1. The molecular formula is C15H13KN2O2. The molecule has 96 valence electrons. The standard InChI is InChI=1S/C15H12N2O2.K.H/c18-15(19)11-7-5-10(6-8-11)9-14-16-12-3-1-2-4-13(12)17-14;;/h1-8H,9H2,(H,16,17)(H,18,19);;. The van der Waals surface area contributed by atoms with Gasteiger partial charge in [-0.1, -0.05) is 24.3 Å². The summed E-state index contributed by atoms with van der Waals surface area (Å²) in [5.41, 5.74) is 3.29. The van der Waals surface area contributed by atoms with Crippen LogP contribution in [-0.4, -0.2) is 72.4 Å².